The summed E-state index contributed by atoms with van der Waals surface area (Å²) in [5, 5.41) is 0. The van der Waals surface area contributed by atoms with Gasteiger partial charge in [0, 0.05) is 25.1 Å². The maximum absolute atomic E-state index is 13.5. The predicted octanol–water partition coefficient (Wildman–Crippen LogP) is 3.07. The molecule has 0 bridgehead atoms. The van der Waals surface area contributed by atoms with Gasteiger partial charge in [0.1, 0.15) is 11.9 Å². The van der Waals surface area contributed by atoms with Gasteiger partial charge >= 0.3 is 0 Å². The lowest BCUT2D eigenvalue weighted by Crippen LogP contribution is -2.52. The zero-order chi connectivity index (χ0) is 21.1. The highest BCUT2D eigenvalue weighted by Gasteiger charge is 2.39. The Morgan fingerprint density at radius 2 is 2.00 bits per heavy atom. The van der Waals surface area contributed by atoms with Gasteiger partial charge in [0.25, 0.3) is 5.91 Å². The predicted molar refractivity (Wildman–Crippen MR) is 112 cm³/mol. The lowest BCUT2D eigenvalue weighted by atomic mass is 9.87. The van der Waals surface area contributed by atoms with Crippen LogP contribution in [0.3, 0.4) is 0 Å². The normalized spacial score (nSPS) is 26.3. The molecule has 2 heterocycles. The van der Waals surface area contributed by atoms with Gasteiger partial charge in [0.15, 0.2) is 0 Å². The molecule has 2 N–H and O–H groups in total. The molecule has 0 aliphatic carbocycles. The first-order valence-electron chi connectivity index (χ1n) is 10.7. The highest BCUT2D eigenvalue weighted by Crippen LogP contribution is 2.36. The number of nitrogens with two attached hydrogens (primary N) is 1. The maximum atomic E-state index is 13.5. The summed E-state index contributed by atoms with van der Waals surface area (Å²) in [5.74, 6) is -0.240. The fraction of sp³-hybridized carbons (Fsp3) is 0.458. The van der Waals surface area contributed by atoms with E-state index in [4.69, 9.17) is 15.2 Å². The Morgan fingerprint density at radius 3 is 2.73 bits per heavy atom. The third-order valence-corrected chi connectivity index (χ3v) is 6.17. The van der Waals surface area contributed by atoms with Crippen LogP contribution in [0.1, 0.15) is 36.1 Å². The van der Waals surface area contributed by atoms with Crippen molar-refractivity contribution in [1.29, 1.82) is 0 Å². The minimum Gasteiger partial charge on any atom is -0.381 e. The van der Waals surface area contributed by atoms with Crippen molar-refractivity contribution in [2.24, 2.45) is 11.7 Å². The third-order valence-electron chi connectivity index (χ3n) is 6.17. The summed E-state index contributed by atoms with van der Waals surface area (Å²) in [6.45, 7) is 4.15. The van der Waals surface area contributed by atoms with E-state index >= 15 is 0 Å². The number of hydrogen-bond acceptors (Lipinski definition) is 4. The summed E-state index contributed by atoms with van der Waals surface area (Å²) in [6, 6.07) is 14.1. The largest absolute Gasteiger partial charge is 0.381 e. The van der Waals surface area contributed by atoms with Crippen molar-refractivity contribution in [3.05, 3.63) is 71.0 Å². The molecule has 2 aliphatic rings. The fourth-order valence-corrected chi connectivity index (χ4v) is 4.48. The summed E-state index contributed by atoms with van der Waals surface area (Å²) in [5.41, 5.74) is 9.54. The Balaban J connectivity index is 1.57. The molecule has 0 radical (unpaired) electrons. The molecule has 2 aliphatic heterocycles. The van der Waals surface area contributed by atoms with Gasteiger partial charge in [-0.2, -0.15) is 0 Å². The molecule has 30 heavy (non-hydrogen) atoms. The average molecular weight is 413 g/mol. The number of halogens is 1. The molecular formula is C24H29FN2O3. The number of nitrogens with zero attached hydrogens (tertiary/aromatic N) is 1. The first-order valence-corrected chi connectivity index (χ1v) is 10.7. The molecule has 0 aromatic heterocycles. The van der Waals surface area contributed by atoms with Gasteiger partial charge in [0.05, 0.1) is 19.3 Å². The van der Waals surface area contributed by atoms with Crippen LogP contribution in [0.25, 0.3) is 0 Å². The average Bonchev–Trinajstić information content (AvgIpc) is 2.77. The topological polar surface area (TPSA) is 64.8 Å². The Labute approximate surface area is 177 Å². The van der Waals surface area contributed by atoms with Crippen LogP contribution in [0.2, 0.25) is 0 Å². The second-order valence-corrected chi connectivity index (χ2v) is 8.08. The van der Waals surface area contributed by atoms with E-state index in [9.17, 15) is 9.18 Å². The molecule has 2 aromatic rings. The van der Waals surface area contributed by atoms with Gasteiger partial charge in [-0.3, -0.25) is 4.79 Å². The van der Waals surface area contributed by atoms with Crippen molar-refractivity contribution in [2.75, 3.05) is 26.4 Å². The SMILES string of the molecule is CCOC[C@@H]1CO[C@@H](C(=O)N2CCc3ccccc3[C@@H]2c2ccc(F)cc2)C[C@@H]1N. The van der Waals surface area contributed by atoms with Crippen molar-refractivity contribution >= 4 is 5.91 Å². The van der Waals surface area contributed by atoms with Crippen LogP contribution in [-0.2, 0) is 20.7 Å². The van der Waals surface area contributed by atoms with E-state index in [0.29, 0.717) is 32.8 Å². The second kappa shape index (κ2) is 9.25. The zero-order valence-electron chi connectivity index (χ0n) is 17.3. The smallest absolute Gasteiger partial charge is 0.252 e. The molecular weight excluding hydrogens is 383 g/mol. The molecule has 4 rings (SSSR count). The van der Waals surface area contributed by atoms with E-state index in [1.165, 1.54) is 17.7 Å². The van der Waals surface area contributed by atoms with E-state index in [1.807, 2.05) is 30.0 Å². The van der Waals surface area contributed by atoms with Crippen molar-refractivity contribution in [2.45, 2.75) is 38.0 Å². The maximum Gasteiger partial charge on any atom is 0.252 e. The van der Waals surface area contributed by atoms with Gasteiger partial charge in [-0.15, -0.1) is 0 Å². The van der Waals surface area contributed by atoms with Crippen LogP contribution in [0.4, 0.5) is 4.39 Å². The second-order valence-electron chi connectivity index (χ2n) is 8.08. The van der Waals surface area contributed by atoms with E-state index < -0.39 is 6.10 Å². The highest BCUT2D eigenvalue weighted by atomic mass is 19.1. The van der Waals surface area contributed by atoms with Gasteiger partial charge in [-0.1, -0.05) is 36.4 Å². The van der Waals surface area contributed by atoms with Crippen LogP contribution in [0, 0.1) is 11.7 Å². The van der Waals surface area contributed by atoms with Gasteiger partial charge in [-0.25, -0.2) is 4.39 Å². The van der Waals surface area contributed by atoms with Crippen LogP contribution in [0.15, 0.2) is 48.5 Å². The Morgan fingerprint density at radius 1 is 1.23 bits per heavy atom. The molecule has 0 unspecified atom stereocenters. The number of carbonyl (C=O) groups excluding carboxylic acids is 1. The Kier molecular flexibility index (Phi) is 6.46. The number of fused-ring (bicyclic) bond motifs is 1. The standard InChI is InChI=1S/C24H29FN2O3/c1-2-29-14-18-15-30-22(13-21(18)26)24(28)27-12-11-16-5-3-4-6-20(16)23(27)17-7-9-19(25)10-8-17/h3-10,18,21-23H,2,11-15,26H2,1H3/t18-,21+,22-,23+/m1/s1. The number of ether oxygens (including phenoxy) is 2. The quantitative estimate of drug-likeness (QED) is 0.820. The molecule has 5 nitrogen and oxygen atoms in total. The molecule has 1 amide bonds. The molecule has 1 fully saturated rings. The summed E-state index contributed by atoms with van der Waals surface area (Å²) >= 11 is 0. The monoisotopic (exact) mass is 412 g/mol. The zero-order valence-corrected chi connectivity index (χ0v) is 17.3. The Bertz CT molecular complexity index is 873. The van der Waals surface area contributed by atoms with E-state index in [-0.39, 0.29) is 29.7 Å². The first-order chi connectivity index (χ1) is 14.6. The minimum atomic E-state index is -0.564. The lowest BCUT2D eigenvalue weighted by molar-refractivity contribution is -0.153. The van der Waals surface area contributed by atoms with E-state index in [2.05, 4.69) is 6.07 Å². The van der Waals surface area contributed by atoms with E-state index in [0.717, 1.165) is 17.5 Å². The van der Waals surface area contributed by atoms with Gasteiger partial charge in [0.2, 0.25) is 0 Å². The minimum absolute atomic E-state index is 0.0517. The molecule has 1 saturated heterocycles. The number of amides is 1. The third kappa shape index (κ3) is 4.26. The van der Waals surface area contributed by atoms with E-state index in [1.54, 1.807) is 12.1 Å². The Hall–Kier alpha value is -2.28. The summed E-state index contributed by atoms with van der Waals surface area (Å²) in [6.07, 6.45) is 0.696. The molecule has 6 heteroatoms. The van der Waals surface area contributed by atoms with Gasteiger partial charge < -0.3 is 20.1 Å². The number of rotatable bonds is 5. The molecule has 0 spiro atoms. The van der Waals surface area contributed by atoms with Crippen molar-refractivity contribution in [1.82, 2.24) is 4.90 Å². The molecule has 0 saturated carbocycles. The number of hydrogen-bond donors (Lipinski definition) is 1. The summed E-state index contributed by atoms with van der Waals surface area (Å²) < 4.78 is 25.0. The van der Waals surface area contributed by atoms with Crippen molar-refractivity contribution in [3.8, 4) is 0 Å². The van der Waals surface area contributed by atoms with Crippen molar-refractivity contribution in [3.63, 3.8) is 0 Å². The van der Waals surface area contributed by atoms with Crippen LogP contribution >= 0.6 is 0 Å². The summed E-state index contributed by atoms with van der Waals surface area (Å²) in [7, 11) is 0. The number of benzene rings is 2. The number of carbonyl (C=O) groups is 1. The van der Waals surface area contributed by atoms with Gasteiger partial charge in [-0.05, 0) is 48.6 Å². The van der Waals surface area contributed by atoms with Crippen LogP contribution < -0.4 is 5.73 Å². The lowest BCUT2D eigenvalue weighted by Gasteiger charge is -2.41. The van der Waals surface area contributed by atoms with Crippen LogP contribution in [-0.4, -0.2) is 49.3 Å². The molecule has 160 valence electrons. The van der Waals surface area contributed by atoms with Crippen molar-refractivity contribution < 1.29 is 18.7 Å². The first kappa shape index (κ1) is 21.0. The summed E-state index contributed by atoms with van der Waals surface area (Å²) in [4.78, 5) is 15.4. The fourth-order valence-electron chi connectivity index (χ4n) is 4.48. The highest BCUT2D eigenvalue weighted by molar-refractivity contribution is 5.82. The van der Waals surface area contributed by atoms with Crippen LogP contribution in [0.5, 0.6) is 0 Å². The molecule has 4 atom stereocenters. The molecule has 2 aromatic carbocycles.